The highest BCUT2D eigenvalue weighted by atomic mass is 32.1. The van der Waals surface area contributed by atoms with E-state index in [-0.39, 0.29) is 5.69 Å². The first-order valence-corrected chi connectivity index (χ1v) is 7.56. The molecule has 0 aliphatic carbocycles. The van der Waals surface area contributed by atoms with Gasteiger partial charge in [0.1, 0.15) is 0 Å². The molecule has 5 heteroatoms. The van der Waals surface area contributed by atoms with Crippen molar-refractivity contribution in [2.45, 2.75) is 6.42 Å². The number of nitrogens with zero attached hydrogens (tertiary/aromatic N) is 1. The van der Waals surface area contributed by atoms with Crippen molar-refractivity contribution in [1.29, 1.82) is 0 Å². The van der Waals surface area contributed by atoms with Crippen molar-refractivity contribution in [3.63, 3.8) is 0 Å². The Labute approximate surface area is 126 Å². The zero-order chi connectivity index (χ0) is 14.7. The van der Waals surface area contributed by atoms with Gasteiger partial charge in [0.25, 0.3) is 0 Å². The average Bonchev–Trinajstić information content (AvgIpc) is 3.00. The summed E-state index contributed by atoms with van der Waals surface area (Å²) in [5.41, 5.74) is 2.85. The van der Waals surface area contributed by atoms with Crippen molar-refractivity contribution in [2.75, 3.05) is 11.9 Å². The topological polar surface area (TPSA) is 62.2 Å². The van der Waals surface area contributed by atoms with E-state index < -0.39 is 5.97 Å². The number of fused-ring (bicyclic) bond motifs is 1. The Kier molecular flexibility index (Phi) is 3.83. The first kappa shape index (κ1) is 13.6. The van der Waals surface area contributed by atoms with Crippen molar-refractivity contribution in [1.82, 2.24) is 4.98 Å². The van der Waals surface area contributed by atoms with Crippen LogP contribution in [0, 0.1) is 0 Å². The molecule has 0 bridgehead atoms. The number of carbonyl (C=O) groups is 1. The Morgan fingerprint density at radius 3 is 2.90 bits per heavy atom. The predicted molar refractivity (Wildman–Crippen MR) is 85.2 cm³/mol. The molecule has 0 spiro atoms. The Balaban J connectivity index is 1.87. The molecule has 2 N–H and O–H groups in total. The average molecular weight is 298 g/mol. The molecule has 3 rings (SSSR count). The minimum Gasteiger partial charge on any atom is -0.477 e. The van der Waals surface area contributed by atoms with Crippen LogP contribution in [0.25, 0.3) is 10.9 Å². The number of benzene rings is 1. The minimum atomic E-state index is -1.01. The fourth-order valence-corrected chi connectivity index (χ4v) is 2.91. The van der Waals surface area contributed by atoms with E-state index in [4.69, 9.17) is 5.11 Å². The lowest BCUT2D eigenvalue weighted by Gasteiger charge is -2.10. The van der Waals surface area contributed by atoms with E-state index in [0.29, 0.717) is 5.52 Å². The van der Waals surface area contributed by atoms with Crippen LogP contribution in [0.1, 0.15) is 16.1 Å². The summed E-state index contributed by atoms with van der Waals surface area (Å²) in [5, 5.41) is 17.6. The smallest absolute Gasteiger partial charge is 0.354 e. The largest absolute Gasteiger partial charge is 0.477 e. The van der Waals surface area contributed by atoms with Crippen LogP contribution in [-0.2, 0) is 6.42 Å². The van der Waals surface area contributed by atoms with Crippen LogP contribution < -0.4 is 5.32 Å². The third-order valence-electron chi connectivity index (χ3n) is 3.24. The zero-order valence-electron chi connectivity index (χ0n) is 11.2. The van der Waals surface area contributed by atoms with Crippen LogP contribution in [0.4, 0.5) is 5.69 Å². The summed E-state index contributed by atoms with van der Waals surface area (Å²) in [4.78, 5) is 15.3. The molecule has 0 radical (unpaired) electrons. The molecule has 0 atom stereocenters. The lowest BCUT2D eigenvalue weighted by atomic mass is 10.1. The predicted octanol–water partition coefficient (Wildman–Crippen LogP) is 3.65. The number of hydrogen-bond acceptors (Lipinski definition) is 4. The van der Waals surface area contributed by atoms with Gasteiger partial charge in [0.15, 0.2) is 5.69 Å². The summed E-state index contributed by atoms with van der Waals surface area (Å²) in [6.07, 6.45) is 0.905. The molecule has 0 aliphatic rings. The molecule has 0 saturated carbocycles. The number of anilines is 1. The van der Waals surface area contributed by atoms with Gasteiger partial charge >= 0.3 is 5.97 Å². The molecule has 3 aromatic rings. The van der Waals surface area contributed by atoms with Crippen LogP contribution in [0.2, 0.25) is 0 Å². The molecular weight excluding hydrogens is 284 g/mol. The van der Waals surface area contributed by atoms with E-state index in [9.17, 15) is 4.79 Å². The highest BCUT2D eigenvalue weighted by Crippen LogP contribution is 2.23. The number of para-hydroxylation sites is 1. The number of aromatic carboxylic acids is 1. The van der Waals surface area contributed by atoms with Gasteiger partial charge in [-0.2, -0.15) is 11.3 Å². The molecule has 0 saturated heterocycles. The molecule has 0 amide bonds. The maximum atomic E-state index is 11.2. The third kappa shape index (κ3) is 3.03. The number of carboxylic acid groups (broad SMARTS) is 1. The van der Waals surface area contributed by atoms with Gasteiger partial charge in [0.05, 0.1) is 5.52 Å². The van der Waals surface area contributed by atoms with E-state index in [1.807, 2.05) is 24.3 Å². The third-order valence-corrected chi connectivity index (χ3v) is 3.98. The van der Waals surface area contributed by atoms with Crippen molar-refractivity contribution >= 4 is 33.9 Å². The molecule has 2 heterocycles. The van der Waals surface area contributed by atoms with Gasteiger partial charge < -0.3 is 10.4 Å². The number of carboxylic acids is 1. The van der Waals surface area contributed by atoms with E-state index in [2.05, 4.69) is 27.1 Å². The molecular formula is C16H14N2O2S. The van der Waals surface area contributed by atoms with Crippen molar-refractivity contribution in [2.24, 2.45) is 0 Å². The van der Waals surface area contributed by atoms with E-state index in [0.717, 1.165) is 24.0 Å². The second-order valence-corrected chi connectivity index (χ2v) is 5.47. The Morgan fingerprint density at radius 1 is 1.29 bits per heavy atom. The lowest BCUT2D eigenvalue weighted by molar-refractivity contribution is 0.0691. The molecule has 0 unspecified atom stereocenters. The lowest BCUT2D eigenvalue weighted by Crippen LogP contribution is -2.08. The Morgan fingerprint density at radius 2 is 2.14 bits per heavy atom. The van der Waals surface area contributed by atoms with Gasteiger partial charge in [-0.3, -0.25) is 0 Å². The Hall–Kier alpha value is -2.40. The normalized spacial score (nSPS) is 10.7. The quantitative estimate of drug-likeness (QED) is 0.754. The Bertz CT molecular complexity index is 769. The van der Waals surface area contributed by atoms with Crippen LogP contribution in [0.5, 0.6) is 0 Å². The first-order valence-electron chi connectivity index (χ1n) is 6.62. The maximum Gasteiger partial charge on any atom is 0.354 e. The minimum absolute atomic E-state index is 0.0618. The number of rotatable bonds is 5. The van der Waals surface area contributed by atoms with Gasteiger partial charge in [-0.05, 0) is 40.9 Å². The zero-order valence-corrected chi connectivity index (χ0v) is 12.1. The van der Waals surface area contributed by atoms with Crippen molar-refractivity contribution in [3.8, 4) is 0 Å². The van der Waals surface area contributed by atoms with Crippen LogP contribution in [-0.4, -0.2) is 22.6 Å². The first-order chi connectivity index (χ1) is 10.2. The number of pyridine rings is 1. The second kappa shape index (κ2) is 5.93. The van der Waals surface area contributed by atoms with E-state index >= 15 is 0 Å². The number of hydrogen-bond donors (Lipinski definition) is 2. The van der Waals surface area contributed by atoms with E-state index in [1.165, 1.54) is 5.56 Å². The summed E-state index contributed by atoms with van der Waals surface area (Å²) < 4.78 is 0. The van der Waals surface area contributed by atoms with Crippen LogP contribution in [0.15, 0.2) is 47.2 Å². The van der Waals surface area contributed by atoms with Gasteiger partial charge in [0, 0.05) is 17.6 Å². The maximum absolute atomic E-state index is 11.2. The highest BCUT2D eigenvalue weighted by Gasteiger charge is 2.10. The molecule has 4 nitrogen and oxygen atoms in total. The van der Waals surface area contributed by atoms with Crippen LogP contribution >= 0.6 is 11.3 Å². The molecule has 21 heavy (non-hydrogen) atoms. The molecule has 0 fully saturated rings. The fraction of sp³-hybridized carbons (Fsp3) is 0.125. The summed E-state index contributed by atoms with van der Waals surface area (Å²) in [5.74, 6) is -1.01. The second-order valence-electron chi connectivity index (χ2n) is 4.69. The SMILES string of the molecule is O=C(O)c1cc(NCCc2ccsc2)c2ccccc2n1. The molecule has 1 aromatic carbocycles. The number of thiophene rings is 1. The van der Waals surface area contributed by atoms with E-state index in [1.54, 1.807) is 17.4 Å². The van der Waals surface area contributed by atoms with Gasteiger partial charge in [-0.15, -0.1) is 0 Å². The molecule has 2 aromatic heterocycles. The molecule has 0 aliphatic heterocycles. The van der Waals surface area contributed by atoms with Crippen molar-refractivity contribution < 1.29 is 9.90 Å². The summed E-state index contributed by atoms with van der Waals surface area (Å²) in [7, 11) is 0. The standard InChI is InChI=1S/C16H14N2O2S/c19-16(20)15-9-14(12-3-1-2-4-13(12)18-15)17-7-5-11-6-8-21-10-11/h1-4,6,8-10H,5,7H2,(H,17,18)(H,19,20). The summed E-state index contributed by atoms with van der Waals surface area (Å²) in [6, 6.07) is 11.2. The van der Waals surface area contributed by atoms with Crippen molar-refractivity contribution in [3.05, 3.63) is 58.4 Å². The number of nitrogens with one attached hydrogen (secondary N) is 1. The van der Waals surface area contributed by atoms with Gasteiger partial charge in [0.2, 0.25) is 0 Å². The number of aromatic nitrogens is 1. The van der Waals surface area contributed by atoms with Gasteiger partial charge in [-0.25, -0.2) is 9.78 Å². The van der Waals surface area contributed by atoms with Gasteiger partial charge in [-0.1, -0.05) is 18.2 Å². The fourth-order valence-electron chi connectivity index (χ4n) is 2.21. The summed E-state index contributed by atoms with van der Waals surface area (Å²) in [6.45, 7) is 0.754. The highest BCUT2D eigenvalue weighted by molar-refractivity contribution is 7.07. The monoisotopic (exact) mass is 298 g/mol. The van der Waals surface area contributed by atoms with Crippen LogP contribution in [0.3, 0.4) is 0 Å². The molecule has 106 valence electrons. The summed E-state index contributed by atoms with van der Waals surface area (Å²) >= 11 is 1.68.